The van der Waals surface area contributed by atoms with E-state index in [1.165, 1.54) is 11.0 Å². The van der Waals surface area contributed by atoms with Gasteiger partial charge < -0.3 is 15.2 Å². The minimum Gasteiger partial charge on any atom is -0.351 e. The molecule has 0 radical (unpaired) electrons. The monoisotopic (exact) mass is 306 g/mol. The van der Waals surface area contributed by atoms with Gasteiger partial charge in [0.05, 0.1) is 5.69 Å². The fourth-order valence-corrected chi connectivity index (χ4v) is 2.19. The standard InChI is InChI=1S/C12H17F3N4O2/c1-8-6-9(21-18-8)11(20)17-7-10(12(13,14)15)19-4-2-16-3-5-19/h6,10,16H,2-5,7H2,1H3,(H,17,20). The molecule has 0 aliphatic carbocycles. The highest BCUT2D eigenvalue weighted by molar-refractivity contribution is 5.91. The smallest absolute Gasteiger partial charge is 0.351 e. The Hall–Kier alpha value is -1.61. The highest BCUT2D eigenvalue weighted by atomic mass is 19.4. The molecule has 6 nitrogen and oxygen atoms in total. The van der Waals surface area contributed by atoms with E-state index in [-0.39, 0.29) is 5.76 Å². The van der Waals surface area contributed by atoms with Gasteiger partial charge in [0.15, 0.2) is 0 Å². The lowest BCUT2D eigenvalue weighted by atomic mass is 10.2. The molecule has 1 aromatic rings. The molecule has 1 aromatic heterocycles. The molecule has 1 atom stereocenters. The Balaban J connectivity index is 1.97. The first-order valence-corrected chi connectivity index (χ1v) is 6.61. The second-order valence-electron chi connectivity index (χ2n) is 4.89. The Morgan fingerprint density at radius 3 is 2.71 bits per heavy atom. The summed E-state index contributed by atoms with van der Waals surface area (Å²) >= 11 is 0. The van der Waals surface area contributed by atoms with Crippen molar-refractivity contribution in [3.63, 3.8) is 0 Å². The van der Waals surface area contributed by atoms with Crippen LogP contribution in [0.15, 0.2) is 10.6 Å². The molecular formula is C12H17F3N4O2. The van der Waals surface area contributed by atoms with Crippen LogP contribution < -0.4 is 10.6 Å². The van der Waals surface area contributed by atoms with Crippen LogP contribution in [0.4, 0.5) is 13.2 Å². The summed E-state index contributed by atoms with van der Waals surface area (Å²) in [6.45, 7) is 2.70. The molecule has 1 fully saturated rings. The Bertz CT molecular complexity index is 483. The predicted molar refractivity (Wildman–Crippen MR) is 67.9 cm³/mol. The van der Waals surface area contributed by atoms with Crippen molar-refractivity contribution >= 4 is 5.91 Å². The van der Waals surface area contributed by atoms with Gasteiger partial charge in [0.2, 0.25) is 5.76 Å². The molecule has 0 bridgehead atoms. The summed E-state index contributed by atoms with van der Waals surface area (Å²) in [4.78, 5) is 13.1. The van der Waals surface area contributed by atoms with E-state index < -0.39 is 24.7 Å². The van der Waals surface area contributed by atoms with Crippen molar-refractivity contribution < 1.29 is 22.5 Å². The van der Waals surface area contributed by atoms with Gasteiger partial charge in [0.1, 0.15) is 6.04 Å². The second kappa shape index (κ2) is 6.44. The molecule has 0 aromatic carbocycles. The maximum atomic E-state index is 13.1. The average Bonchev–Trinajstić information content (AvgIpc) is 2.85. The van der Waals surface area contributed by atoms with Gasteiger partial charge in [-0.15, -0.1) is 0 Å². The Kier molecular flexibility index (Phi) is 4.84. The van der Waals surface area contributed by atoms with Crippen molar-refractivity contribution in [1.82, 2.24) is 20.7 Å². The fourth-order valence-electron chi connectivity index (χ4n) is 2.19. The van der Waals surface area contributed by atoms with Gasteiger partial charge in [-0.2, -0.15) is 13.2 Å². The maximum absolute atomic E-state index is 13.1. The van der Waals surface area contributed by atoms with Gasteiger partial charge in [0, 0.05) is 38.8 Å². The number of aryl methyl sites for hydroxylation is 1. The van der Waals surface area contributed by atoms with Gasteiger partial charge in [-0.05, 0) is 6.92 Å². The number of hydrogen-bond acceptors (Lipinski definition) is 5. The van der Waals surface area contributed by atoms with Crippen molar-refractivity contribution in [2.24, 2.45) is 0 Å². The van der Waals surface area contributed by atoms with Gasteiger partial charge in [-0.1, -0.05) is 5.16 Å². The SMILES string of the molecule is Cc1cc(C(=O)NCC(N2CCNCC2)C(F)(F)F)on1. The number of hydrogen-bond donors (Lipinski definition) is 2. The fraction of sp³-hybridized carbons (Fsp3) is 0.667. The molecule has 0 spiro atoms. The number of piperazine rings is 1. The molecule has 1 aliphatic rings. The summed E-state index contributed by atoms with van der Waals surface area (Å²) in [6, 6.07) is -0.324. The second-order valence-corrected chi connectivity index (χ2v) is 4.89. The lowest BCUT2D eigenvalue weighted by Gasteiger charge is -2.35. The molecule has 21 heavy (non-hydrogen) atoms. The number of rotatable bonds is 4. The van der Waals surface area contributed by atoms with Crippen LogP contribution in [0.3, 0.4) is 0 Å². The van der Waals surface area contributed by atoms with Gasteiger partial charge in [-0.25, -0.2) is 0 Å². The molecule has 1 amide bonds. The molecule has 1 saturated heterocycles. The third kappa shape index (κ3) is 4.18. The molecule has 1 unspecified atom stereocenters. The van der Waals surface area contributed by atoms with Crippen LogP contribution in [0.1, 0.15) is 16.2 Å². The molecular weight excluding hydrogens is 289 g/mol. The van der Waals surface area contributed by atoms with Crippen LogP contribution in [-0.2, 0) is 0 Å². The van der Waals surface area contributed by atoms with E-state index in [9.17, 15) is 18.0 Å². The normalized spacial score (nSPS) is 18.5. The zero-order chi connectivity index (χ0) is 15.5. The van der Waals surface area contributed by atoms with Crippen LogP contribution in [-0.4, -0.2) is 60.9 Å². The first-order chi connectivity index (χ1) is 9.88. The number of aromatic nitrogens is 1. The zero-order valence-electron chi connectivity index (χ0n) is 11.5. The number of carbonyl (C=O) groups excluding carboxylic acids is 1. The van der Waals surface area contributed by atoms with E-state index in [0.717, 1.165) is 0 Å². The highest BCUT2D eigenvalue weighted by Crippen LogP contribution is 2.24. The van der Waals surface area contributed by atoms with Crippen LogP contribution in [0.2, 0.25) is 0 Å². The molecule has 9 heteroatoms. The van der Waals surface area contributed by atoms with Gasteiger partial charge in [0.25, 0.3) is 5.91 Å². The topological polar surface area (TPSA) is 70.4 Å². The minimum absolute atomic E-state index is 0.0891. The minimum atomic E-state index is -4.40. The molecule has 1 aliphatic heterocycles. The Labute approximate surface area is 119 Å². The average molecular weight is 306 g/mol. The number of halogens is 3. The third-order valence-electron chi connectivity index (χ3n) is 3.28. The van der Waals surface area contributed by atoms with E-state index in [2.05, 4.69) is 15.8 Å². The summed E-state index contributed by atoms with van der Waals surface area (Å²) in [5.41, 5.74) is 0.495. The predicted octanol–water partition coefficient (Wildman–Crippen LogP) is 0.549. The van der Waals surface area contributed by atoms with Crippen molar-refractivity contribution in [3.05, 3.63) is 17.5 Å². The van der Waals surface area contributed by atoms with E-state index in [0.29, 0.717) is 31.9 Å². The van der Waals surface area contributed by atoms with Crippen LogP contribution in [0, 0.1) is 6.92 Å². The van der Waals surface area contributed by atoms with Crippen LogP contribution in [0.25, 0.3) is 0 Å². The number of nitrogens with zero attached hydrogens (tertiary/aromatic N) is 2. The molecule has 2 N–H and O–H groups in total. The third-order valence-corrected chi connectivity index (χ3v) is 3.28. The summed E-state index contributed by atoms with van der Waals surface area (Å²) in [6.07, 6.45) is -4.40. The number of carbonyl (C=O) groups is 1. The zero-order valence-corrected chi connectivity index (χ0v) is 11.5. The molecule has 2 heterocycles. The lowest BCUT2D eigenvalue weighted by molar-refractivity contribution is -0.183. The van der Waals surface area contributed by atoms with Crippen molar-refractivity contribution in [2.45, 2.75) is 19.1 Å². The van der Waals surface area contributed by atoms with Gasteiger partial charge >= 0.3 is 6.18 Å². The Morgan fingerprint density at radius 1 is 1.52 bits per heavy atom. The number of alkyl halides is 3. The van der Waals surface area contributed by atoms with Crippen LogP contribution in [0.5, 0.6) is 0 Å². The first-order valence-electron chi connectivity index (χ1n) is 6.61. The van der Waals surface area contributed by atoms with Crippen molar-refractivity contribution in [3.8, 4) is 0 Å². The number of amides is 1. The lowest BCUT2D eigenvalue weighted by Crippen LogP contribution is -2.57. The highest BCUT2D eigenvalue weighted by Gasteiger charge is 2.43. The van der Waals surface area contributed by atoms with Crippen LogP contribution >= 0.6 is 0 Å². The van der Waals surface area contributed by atoms with Gasteiger partial charge in [-0.3, -0.25) is 9.69 Å². The first kappa shape index (κ1) is 15.8. The van der Waals surface area contributed by atoms with Crippen molar-refractivity contribution in [1.29, 1.82) is 0 Å². The van der Waals surface area contributed by atoms with Crippen molar-refractivity contribution in [2.75, 3.05) is 32.7 Å². The molecule has 118 valence electrons. The van der Waals surface area contributed by atoms with E-state index in [4.69, 9.17) is 4.52 Å². The summed E-state index contributed by atoms with van der Waals surface area (Å²) in [5.74, 6) is -0.784. The molecule has 0 saturated carbocycles. The summed E-state index contributed by atoms with van der Waals surface area (Å²) in [5, 5.41) is 8.78. The van der Waals surface area contributed by atoms with E-state index in [1.807, 2.05) is 0 Å². The maximum Gasteiger partial charge on any atom is 0.405 e. The molecule has 2 rings (SSSR count). The summed E-state index contributed by atoms with van der Waals surface area (Å²) in [7, 11) is 0. The largest absolute Gasteiger partial charge is 0.405 e. The van der Waals surface area contributed by atoms with E-state index >= 15 is 0 Å². The van der Waals surface area contributed by atoms with E-state index in [1.54, 1.807) is 6.92 Å². The number of nitrogens with one attached hydrogen (secondary N) is 2. The quantitative estimate of drug-likeness (QED) is 0.850. The summed E-state index contributed by atoms with van der Waals surface area (Å²) < 4.78 is 44.1. The Morgan fingerprint density at radius 2 is 2.19 bits per heavy atom.